The number of nitrogens with zero attached hydrogens (tertiary/aromatic N) is 1. The van der Waals surface area contributed by atoms with Crippen LogP contribution in [-0.4, -0.2) is 34.2 Å². The van der Waals surface area contributed by atoms with Gasteiger partial charge in [-0.2, -0.15) is 11.8 Å². The van der Waals surface area contributed by atoms with Crippen molar-refractivity contribution in [1.82, 2.24) is 4.98 Å². The second-order valence-corrected chi connectivity index (χ2v) is 4.84. The van der Waals surface area contributed by atoms with Crippen LogP contribution in [0.3, 0.4) is 0 Å². The molecule has 16 heavy (non-hydrogen) atoms. The molecule has 4 nitrogen and oxygen atoms in total. The Kier molecular flexibility index (Phi) is 4.89. The number of rotatable bonds is 5. The highest BCUT2D eigenvalue weighted by Crippen LogP contribution is 2.17. The van der Waals surface area contributed by atoms with Gasteiger partial charge in [-0.1, -0.05) is 0 Å². The number of pyridine rings is 1. The molecular weight excluding hydrogens is 222 g/mol. The van der Waals surface area contributed by atoms with Crippen molar-refractivity contribution in [3.63, 3.8) is 0 Å². The number of thioether (sulfide) groups is 1. The van der Waals surface area contributed by atoms with Crippen LogP contribution in [0.1, 0.15) is 12.6 Å². The fraction of sp³-hybridized carbons (Fsp3) is 0.545. The Bertz CT molecular complexity index is 342. The summed E-state index contributed by atoms with van der Waals surface area (Å²) in [5.41, 5.74) is 7.21. The molecule has 1 heterocycles. The average Bonchev–Trinajstić information content (AvgIpc) is 2.25. The Balaban J connectivity index is 2.69. The maximum Gasteiger partial charge on any atom is 0.126 e. The van der Waals surface area contributed by atoms with Crippen LogP contribution in [0.5, 0.6) is 0 Å². The molecule has 0 saturated carbocycles. The SMILES string of the molecule is CSC(CO)C(C)Nc1ccc(N)c(C)n1. The zero-order valence-corrected chi connectivity index (χ0v) is 10.7. The van der Waals surface area contributed by atoms with Crippen LogP contribution in [0.2, 0.25) is 0 Å². The van der Waals surface area contributed by atoms with E-state index in [1.165, 1.54) is 0 Å². The fourth-order valence-electron chi connectivity index (χ4n) is 1.42. The average molecular weight is 241 g/mol. The number of aliphatic hydroxyl groups is 1. The van der Waals surface area contributed by atoms with Gasteiger partial charge in [0.25, 0.3) is 0 Å². The molecule has 0 saturated heterocycles. The van der Waals surface area contributed by atoms with E-state index in [9.17, 15) is 5.11 Å². The summed E-state index contributed by atoms with van der Waals surface area (Å²) >= 11 is 1.64. The van der Waals surface area contributed by atoms with Crippen molar-refractivity contribution in [3.8, 4) is 0 Å². The van der Waals surface area contributed by atoms with Gasteiger partial charge in [-0.15, -0.1) is 0 Å². The first kappa shape index (κ1) is 13.1. The number of hydrogen-bond acceptors (Lipinski definition) is 5. The Labute approximate surface area is 101 Å². The van der Waals surface area contributed by atoms with E-state index in [0.29, 0.717) is 5.69 Å². The van der Waals surface area contributed by atoms with Crippen LogP contribution >= 0.6 is 11.8 Å². The normalized spacial score (nSPS) is 14.5. The smallest absolute Gasteiger partial charge is 0.126 e. The number of nitrogen functional groups attached to an aromatic ring is 1. The summed E-state index contributed by atoms with van der Waals surface area (Å²) in [6.45, 7) is 4.07. The van der Waals surface area contributed by atoms with Crippen LogP contribution < -0.4 is 11.1 Å². The lowest BCUT2D eigenvalue weighted by atomic mass is 10.2. The number of hydrogen-bond donors (Lipinski definition) is 3. The molecule has 5 heteroatoms. The van der Waals surface area contributed by atoms with Gasteiger partial charge in [-0.05, 0) is 32.2 Å². The summed E-state index contributed by atoms with van der Waals surface area (Å²) in [5, 5.41) is 12.6. The summed E-state index contributed by atoms with van der Waals surface area (Å²) < 4.78 is 0. The van der Waals surface area contributed by atoms with Gasteiger partial charge in [-0.25, -0.2) is 4.98 Å². The van der Waals surface area contributed by atoms with Crippen molar-refractivity contribution in [3.05, 3.63) is 17.8 Å². The van der Waals surface area contributed by atoms with Crippen molar-refractivity contribution in [2.24, 2.45) is 0 Å². The van der Waals surface area contributed by atoms with Gasteiger partial charge in [0, 0.05) is 11.3 Å². The van der Waals surface area contributed by atoms with E-state index in [1.54, 1.807) is 11.8 Å². The minimum Gasteiger partial charge on any atom is -0.397 e. The highest BCUT2D eigenvalue weighted by Gasteiger charge is 2.15. The summed E-state index contributed by atoms with van der Waals surface area (Å²) in [6, 6.07) is 3.86. The van der Waals surface area contributed by atoms with E-state index in [1.807, 2.05) is 32.2 Å². The number of anilines is 2. The minimum atomic E-state index is 0.156. The zero-order chi connectivity index (χ0) is 12.1. The van der Waals surface area contributed by atoms with Crippen LogP contribution in [0.15, 0.2) is 12.1 Å². The minimum absolute atomic E-state index is 0.156. The van der Waals surface area contributed by atoms with Gasteiger partial charge < -0.3 is 16.2 Å². The summed E-state index contributed by atoms with van der Waals surface area (Å²) in [4.78, 5) is 4.34. The molecule has 90 valence electrons. The number of nitrogens with two attached hydrogens (primary N) is 1. The molecule has 0 spiro atoms. The Morgan fingerprint density at radius 2 is 2.25 bits per heavy atom. The lowest BCUT2D eigenvalue weighted by Gasteiger charge is -2.22. The lowest BCUT2D eigenvalue weighted by molar-refractivity contribution is 0.288. The molecule has 0 amide bonds. The van der Waals surface area contributed by atoms with Gasteiger partial charge in [0.1, 0.15) is 5.82 Å². The Morgan fingerprint density at radius 3 is 2.75 bits per heavy atom. The highest BCUT2D eigenvalue weighted by molar-refractivity contribution is 7.99. The molecule has 2 atom stereocenters. The van der Waals surface area contributed by atoms with Gasteiger partial charge in [-0.3, -0.25) is 0 Å². The molecule has 0 aliphatic carbocycles. The van der Waals surface area contributed by atoms with Gasteiger partial charge in [0.05, 0.1) is 18.0 Å². The number of aromatic nitrogens is 1. The number of nitrogens with one attached hydrogen (secondary N) is 1. The highest BCUT2D eigenvalue weighted by atomic mass is 32.2. The topological polar surface area (TPSA) is 71.2 Å². The predicted octanol–water partition coefficient (Wildman–Crippen LogP) is 1.50. The first-order valence-electron chi connectivity index (χ1n) is 5.21. The second-order valence-electron chi connectivity index (χ2n) is 3.76. The first-order chi connectivity index (χ1) is 7.58. The molecule has 0 bridgehead atoms. The van der Waals surface area contributed by atoms with Gasteiger partial charge in [0.15, 0.2) is 0 Å². The number of aliphatic hydroxyl groups excluding tert-OH is 1. The van der Waals surface area contributed by atoms with Crippen molar-refractivity contribution in [2.75, 3.05) is 23.9 Å². The van der Waals surface area contributed by atoms with Crippen molar-refractivity contribution in [2.45, 2.75) is 25.1 Å². The molecule has 1 rings (SSSR count). The fourth-order valence-corrected chi connectivity index (χ4v) is 2.04. The van der Waals surface area contributed by atoms with Crippen LogP contribution in [0.4, 0.5) is 11.5 Å². The predicted molar refractivity (Wildman–Crippen MR) is 70.9 cm³/mol. The Hall–Kier alpha value is -0.940. The standard InChI is InChI=1S/C11H19N3OS/c1-7-9(12)4-5-11(13-7)14-8(2)10(6-15)16-3/h4-5,8,10,15H,6,12H2,1-3H3,(H,13,14). The molecule has 1 aromatic rings. The molecule has 0 aliphatic rings. The van der Waals surface area contributed by atoms with Gasteiger partial charge >= 0.3 is 0 Å². The zero-order valence-electron chi connectivity index (χ0n) is 9.90. The van der Waals surface area contributed by atoms with Gasteiger partial charge in [0.2, 0.25) is 0 Å². The molecule has 2 unspecified atom stereocenters. The molecular formula is C11H19N3OS. The summed E-state index contributed by atoms with van der Waals surface area (Å²) in [7, 11) is 0. The maximum absolute atomic E-state index is 9.17. The summed E-state index contributed by atoms with van der Waals surface area (Å²) in [5.74, 6) is 0.798. The monoisotopic (exact) mass is 241 g/mol. The van der Waals surface area contributed by atoms with Crippen LogP contribution in [0, 0.1) is 6.92 Å². The van der Waals surface area contributed by atoms with Crippen molar-refractivity contribution < 1.29 is 5.11 Å². The third-order valence-electron chi connectivity index (χ3n) is 2.54. The molecule has 0 fully saturated rings. The van der Waals surface area contributed by atoms with Crippen molar-refractivity contribution >= 4 is 23.3 Å². The third-order valence-corrected chi connectivity index (χ3v) is 3.71. The van der Waals surface area contributed by atoms with Crippen LogP contribution in [-0.2, 0) is 0 Å². The molecule has 0 aliphatic heterocycles. The second kappa shape index (κ2) is 5.96. The molecule has 4 N–H and O–H groups in total. The van der Waals surface area contributed by atoms with E-state index in [0.717, 1.165) is 11.5 Å². The van der Waals surface area contributed by atoms with E-state index >= 15 is 0 Å². The molecule has 0 aromatic carbocycles. The lowest BCUT2D eigenvalue weighted by Crippen LogP contribution is -2.31. The van der Waals surface area contributed by atoms with Crippen LogP contribution in [0.25, 0.3) is 0 Å². The molecule has 1 aromatic heterocycles. The first-order valence-corrected chi connectivity index (χ1v) is 6.50. The third kappa shape index (κ3) is 3.28. The van der Waals surface area contributed by atoms with E-state index in [4.69, 9.17) is 5.73 Å². The van der Waals surface area contributed by atoms with Crippen molar-refractivity contribution in [1.29, 1.82) is 0 Å². The van der Waals surface area contributed by atoms with E-state index < -0.39 is 0 Å². The van der Waals surface area contributed by atoms with E-state index in [-0.39, 0.29) is 17.9 Å². The summed E-state index contributed by atoms with van der Waals surface area (Å²) in [6.07, 6.45) is 1.99. The molecule has 0 radical (unpaired) electrons. The quantitative estimate of drug-likeness (QED) is 0.728. The maximum atomic E-state index is 9.17. The Morgan fingerprint density at radius 1 is 1.56 bits per heavy atom. The van der Waals surface area contributed by atoms with E-state index in [2.05, 4.69) is 10.3 Å². The largest absolute Gasteiger partial charge is 0.397 e. The number of aryl methyl sites for hydroxylation is 1.